The second-order valence-corrected chi connectivity index (χ2v) is 6.32. The first kappa shape index (κ1) is 14.5. The lowest BCUT2D eigenvalue weighted by Crippen LogP contribution is -2.58. The van der Waals surface area contributed by atoms with Gasteiger partial charge in [0.25, 0.3) is 0 Å². The Hall–Kier alpha value is -1.40. The van der Waals surface area contributed by atoms with Crippen LogP contribution >= 0.6 is 24.2 Å². The average Bonchev–Trinajstić information content (AvgIpc) is 2.42. The molecule has 5 nitrogen and oxygen atoms in total. The van der Waals surface area contributed by atoms with Crippen LogP contribution < -0.4 is 16.4 Å². The van der Waals surface area contributed by atoms with Crippen molar-refractivity contribution in [3.63, 3.8) is 0 Å². The predicted molar refractivity (Wildman–Crippen MR) is 90.2 cm³/mol. The van der Waals surface area contributed by atoms with Crippen molar-refractivity contribution in [1.82, 2.24) is 0 Å². The molecule has 0 unspecified atom stereocenters. The number of aliphatic imine (C=N–C) groups is 2. The highest BCUT2D eigenvalue weighted by Crippen LogP contribution is 2.43. The van der Waals surface area contributed by atoms with Crippen molar-refractivity contribution in [2.45, 2.75) is 42.7 Å². The van der Waals surface area contributed by atoms with E-state index in [4.69, 9.17) is 23.1 Å². The smallest absolute Gasteiger partial charge is 0.220 e. The van der Waals surface area contributed by atoms with Gasteiger partial charge in [-0.2, -0.15) is 4.99 Å². The summed E-state index contributed by atoms with van der Waals surface area (Å²) in [6.45, 7) is 0. The van der Waals surface area contributed by atoms with Crippen molar-refractivity contribution in [3.05, 3.63) is 23.2 Å². The summed E-state index contributed by atoms with van der Waals surface area (Å²) in [4.78, 5) is 11.4. The number of thiol groups is 1. The molecule has 7 heteroatoms. The van der Waals surface area contributed by atoms with Crippen LogP contribution in [-0.4, -0.2) is 17.6 Å². The standard InChI is InChI=1S/C14H18ClN5S/c15-9-5-4-6-10(21)11(9)20-13(17)18-12(16)19-14(20)7-2-1-3-8-14/h4-6,21H,1-3,7-8H2,(H4,16,17,18,19). The van der Waals surface area contributed by atoms with E-state index in [2.05, 4.69) is 22.6 Å². The fraction of sp³-hybridized carbons (Fsp3) is 0.429. The molecule has 4 N–H and O–H groups in total. The number of nitrogens with zero attached hydrogens (tertiary/aromatic N) is 3. The summed E-state index contributed by atoms with van der Waals surface area (Å²) in [7, 11) is 0. The van der Waals surface area contributed by atoms with Crippen LogP contribution in [0.1, 0.15) is 32.1 Å². The number of halogens is 1. The van der Waals surface area contributed by atoms with E-state index in [9.17, 15) is 0 Å². The molecule has 0 aromatic heterocycles. The van der Waals surface area contributed by atoms with Crippen molar-refractivity contribution < 1.29 is 0 Å². The highest BCUT2D eigenvalue weighted by Gasteiger charge is 2.43. The van der Waals surface area contributed by atoms with E-state index in [0.29, 0.717) is 11.0 Å². The van der Waals surface area contributed by atoms with E-state index >= 15 is 0 Å². The number of hydrogen-bond acceptors (Lipinski definition) is 6. The molecule has 1 aromatic rings. The Bertz CT molecular complexity index is 602. The first-order chi connectivity index (χ1) is 10.0. The molecule has 2 aliphatic rings. The van der Waals surface area contributed by atoms with Crippen LogP contribution in [0, 0.1) is 0 Å². The Kier molecular flexibility index (Phi) is 3.75. The summed E-state index contributed by atoms with van der Waals surface area (Å²) in [5, 5.41) is 0.585. The fourth-order valence-corrected chi connectivity index (χ4v) is 3.80. The highest BCUT2D eigenvalue weighted by atomic mass is 35.5. The predicted octanol–water partition coefficient (Wildman–Crippen LogP) is 2.74. The number of benzene rings is 1. The summed E-state index contributed by atoms with van der Waals surface area (Å²) in [6.07, 6.45) is 5.10. The maximum atomic E-state index is 6.39. The Morgan fingerprint density at radius 1 is 1.19 bits per heavy atom. The summed E-state index contributed by atoms with van der Waals surface area (Å²) in [5.41, 5.74) is 12.3. The van der Waals surface area contributed by atoms with Crippen molar-refractivity contribution in [2.75, 3.05) is 4.90 Å². The molecule has 1 fully saturated rings. The van der Waals surface area contributed by atoms with E-state index in [1.54, 1.807) is 0 Å². The Balaban J connectivity index is 2.16. The fourth-order valence-electron chi connectivity index (χ4n) is 3.17. The van der Waals surface area contributed by atoms with E-state index in [-0.39, 0.29) is 5.96 Å². The van der Waals surface area contributed by atoms with Crippen molar-refractivity contribution in [2.24, 2.45) is 21.5 Å². The molecular weight excluding hydrogens is 306 g/mol. The van der Waals surface area contributed by atoms with Gasteiger partial charge in [0.2, 0.25) is 11.9 Å². The molecular formula is C14H18ClN5S. The molecule has 0 bridgehead atoms. The number of hydrogen-bond donors (Lipinski definition) is 3. The Morgan fingerprint density at radius 2 is 1.90 bits per heavy atom. The van der Waals surface area contributed by atoms with Crippen LogP contribution in [-0.2, 0) is 0 Å². The normalized spacial score (nSPS) is 21.1. The third-order valence-corrected chi connectivity index (χ3v) is 4.71. The van der Waals surface area contributed by atoms with Crippen LogP contribution in [0.2, 0.25) is 5.02 Å². The topological polar surface area (TPSA) is 80.0 Å². The van der Waals surface area contributed by atoms with Gasteiger partial charge in [-0.15, -0.1) is 12.6 Å². The van der Waals surface area contributed by atoms with Crippen LogP contribution in [0.4, 0.5) is 5.69 Å². The van der Waals surface area contributed by atoms with Crippen LogP contribution in [0.5, 0.6) is 0 Å². The minimum atomic E-state index is -0.489. The molecule has 0 radical (unpaired) electrons. The minimum Gasteiger partial charge on any atom is -0.369 e. The maximum Gasteiger partial charge on any atom is 0.220 e. The van der Waals surface area contributed by atoms with Crippen LogP contribution in [0.25, 0.3) is 0 Å². The number of para-hydroxylation sites is 1. The molecule has 3 rings (SSSR count). The molecule has 1 aromatic carbocycles. The number of nitrogens with two attached hydrogens (primary N) is 2. The molecule has 1 saturated carbocycles. The summed E-state index contributed by atoms with van der Waals surface area (Å²) < 4.78 is 0. The third kappa shape index (κ3) is 2.46. The van der Waals surface area contributed by atoms with Crippen molar-refractivity contribution in [1.29, 1.82) is 0 Å². The van der Waals surface area contributed by atoms with E-state index in [0.717, 1.165) is 36.3 Å². The molecule has 1 spiro atoms. The monoisotopic (exact) mass is 323 g/mol. The lowest BCUT2D eigenvalue weighted by atomic mass is 9.87. The van der Waals surface area contributed by atoms with Gasteiger partial charge in [-0.25, -0.2) is 4.99 Å². The number of anilines is 1. The van der Waals surface area contributed by atoms with Gasteiger partial charge in [-0.05, 0) is 37.8 Å². The Labute approximate surface area is 134 Å². The second-order valence-electron chi connectivity index (χ2n) is 5.43. The average molecular weight is 324 g/mol. The molecule has 0 saturated heterocycles. The van der Waals surface area contributed by atoms with Gasteiger partial charge in [-0.1, -0.05) is 24.1 Å². The van der Waals surface area contributed by atoms with E-state index in [1.807, 2.05) is 23.1 Å². The highest BCUT2D eigenvalue weighted by molar-refractivity contribution is 7.80. The first-order valence-corrected chi connectivity index (χ1v) is 7.83. The largest absolute Gasteiger partial charge is 0.369 e. The van der Waals surface area contributed by atoms with Gasteiger partial charge in [0.1, 0.15) is 5.66 Å². The zero-order chi connectivity index (χ0) is 15.0. The van der Waals surface area contributed by atoms with Gasteiger partial charge < -0.3 is 11.5 Å². The van der Waals surface area contributed by atoms with Gasteiger partial charge in [0.05, 0.1) is 10.7 Å². The van der Waals surface area contributed by atoms with Crippen LogP contribution in [0.3, 0.4) is 0 Å². The molecule has 1 heterocycles. The summed E-state index contributed by atoms with van der Waals surface area (Å²) in [5.74, 6) is 0.561. The van der Waals surface area contributed by atoms with E-state index in [1.165, 1.54) is 6.42 Å². The second kappa shape index (κ2) is 5.42. The van der Waals surface area contributed by atoms with Gasteiger partial charge in [-0.3, -0.25) is 4.90 Å². The third-order valence-electron chi connectivity index (χ3n) is 4.04. The number of guanidine groups is 2. The van der Waals surface area contributed by atoms with E-state index < -0.39 is 5.66 Å². The van der Waals surface area contributed by atoms with Gasteiger partial charge >= 0.3 is 0 Å². The lowest BCUT2D eigenvalue weighted by Gasteiger charge is -2.46. The molecule has 0 atom stereocenters. The SMILES string of the molecule is NC1=NC2(CCCCC2)N(c2c(S)cccc2Cl)C(N)=N1. The summed E-state index contributed by atoms with van der Waals surface area (Å²) in [6, 6.07) is 5.56. The molecule has 112 valence electrons. The first-order valence-electron chi connectivity index (χ1n) is 7.01. The summed E-state index contributed by atoms with van der Waals surface area (Å²) >= 11 is 10.9. The quantitative estimate of drug-likeness (QED) is 0.695. The molecule has 0 amide bonds. The van der Waals surface area contributed by atoms with Gasteiger partial charge in [0.15, 0.2) is 0 Å². The number of rotatable bonds is 1. The zero-order valence-corrected chi connectivity index (χ0v) is 13.2. The Morgan fingerprint density at radius 3 is 2.57 bits per heavy atom. The zero-order valence-electron chi connectivity index (χ0n) is 11.6. The minimum absolute atomic E-state index is 0.235. The maximum absolute atomic E-state index is 6.39. The van der Waals surface area contributed by atoms with Crippen molar-refractivity contribution in [3.8, 4) is 0 Å². The molecule has 1 aliphatic heterocycles. The molecule has 21 heavy (non-hydrogen) atoms. The van der Waals surface area contributed by atoms with Crippen LogP contribution in [0.15, 0.2) is 33.1 Å². The lowest BCUT2D eigenvalue weighted by molar-refractivity contribution is 0.305. The van der Waals surface area contributed by atoms with Gasteiger partial charge in [0, 0.05) is 4.90 Å². The molecule has 1 aliphatic carbocycles. The van der Waals surface area contributed by atoms with Crippen molar-refractivity contribution >= 4 is 41.8 Å².